The molecule has 0 aliphatic rings. The Kier molecular flexibility index (Phi) is 6.38. The first-order chi connectivity index (χ1) is 6.52. The van der Waals surface area contributed by atoms with Gasteiger partial charge in [0.05, 0.1) is 0 Å². The first kappa shape index (κ1) is 13.9. The maximum atomic E-state index is 9.33. The van der Waals surface area contributed by atoms with Crippen LogP contribution in [-0.2, 0) is 0 Å². The summed E-state index contributed by atoms with van der Waals surface area (Å²) in [5.41, 5.74) is 0.0668. The third kappa shape index (κ3) is 3.97. The van der Waals surface area contributed by atoms with Gasteiger partial charge in [0, 0.05) is 24.6 Å². The molecule has 0 amide bonds. The van der Waals surface area contributed by atoms with E-state index in [1.807, 2.05) is 0 Å². The van der Waals surface area contributed by atoms with Crippen LogP contribution in [0.25, 0.3) is 0 Å². The zero-order valence-electron chi connectivity index (χ0n) is 10.5. The minimum atomic E-state index is 0.0668. The Hall–Kier alpha value is -0.0800. The number of hydrogen-bond acceptors (Lipinski definition) is 2. The molecular formula is C12H27NO. The fourth-order valence-corrected chi connectivity index (χ4v) is 1.92. The van der Waals surface area contributed by atoms with E-state index in [2.05, 4.69) is 39.6 Å². The molecule has 0 rings (SSSR count). The van der Waals surface area contributed by atoms with E-state index in [1.54, 1.807) is 0 Å². The van der Waals surface area contributed by atoms with Gasteiger partial charge in [0.2, 0.25) is 0 Å². The predicted octanol–water partition coefficient (Wildman–Crippen LogP) is 2.52. The summed E-state index contributed by atoms with van der Waals surface area (Å²) in [6, 6.07) is 0.660. The van der Waals surface area contributed by atoms with Crippen LogP contribution < -0.4 is 0 Å². The molecule has 0 aromatic rings. The number of aliphatic hydroxyl groups is 1. The van der Waals surface area contributed by atoms with Crippen LogP contribution in [0.2, 0.25) is 0 Å². The molecule has 86 valence electrons. The van der Waals surface area contributed by atoms with Crippen molar-refractivity contribution in [2.45, 2.75) is 53.0 Å². The Morgan fingerprint density at radius 2 is 1.71 bits per heavy atom. The number of nitrogens with zero attached hydrogens (tertiary/aromatic N) is 1. The summed E-state index contributed by atoms with van der Waals surface area (Å²) in [7, 11) is 2.17. The van der Waals surface area contributed by atoms with Crippen LogP contribution in [0.3, 0.4) is 0 Å². The van der Waals surface area contributed by atoms with E-state index >= 15 is 0 Å². The maximum absolute atomic E-state index is 9.33. The number of rotatable bonds is 7. The predicted molar refractivity (Wildman–Crippen MR) is 62.5 cm³/mol. The molecule has 1 atom stereocenters. The molecular weight excluding hydrogens is 174 g/mol. The lowest BCUT2D eigenvalue weighted by Crippen LogP contribution is -2.41. The topological polar surface area (TPSA) is 23.5 Å². The highest BCUT2D eigenvalue weighted by Crippen LogP contribution is 2.23. The first-order valence-electron chi connectivity index (χ1n) is 5.84. The SMILES string of the molecule is CCC(CC)N(C)CC(C)(CC)CO. The summed E-state index contributed by atoms with van der Waals surface area (Å²) in [6.45, 7) is 10.0. The lowest BCUT2D eigenvalue weighted by Gasteiger charge is -2.35. The van der Waals surface area contributed by atoms with E-state index in [1.165, 1.54) is 12.8 Å². The van der Waals surface area contributed by atoms with Crippen molar-refractivity contribution < 1.29 is 5.11 Å². The molecule has 0 spiro atoms. The van der Waals surface area contributed by atoms with E-state index in [0.717, 1.165) is 13.0 Å². The Morgan fingerprint density at radius 3 is 2.00 bits per heavy atom. The van der Waals surface area contributed by atoms with Crippen LogP contribution in [-0.4, -0.2) is 36.2 Å². The maximum Gasteiger partial charge on any atom is 0.0496 e. The van der Waals surface area contributed by atoms with Crippen molar-refractivity contribution in [3.63, 3.8) is 0 Å². The molecule has 0 aromatic heterocycles. The highest BCUT2D eigenvalue weighted by molar-refractivity contribution is 4.78. The molecule has 0 aliphatic carbocycles. The van der Waals surface area contributed by atoms with Gasteiger partial charge in [0.15, 0.2) is 0 Å². The quantitative estimate of drug-likeness (QED) is 0.684. The van der Waals surface area contributed by atoms with Gasteiger partial charge >= 0.3 is 0 Å². The molecule has 0 heterocycles. The largest absolute Gasteiger partial charge is 0.396 e. The van der Waals surface area contributed by atoms with Crippen molar-refractivity contribution in [1.29, 1.82) is 0 Å². The molecule has 0 radical (unpaired) electrons. The van der Waals surface area contributed by atoms with Gasteiger partial charge in [0.25, 0.3) is 0 Å². The summed E-state index contributed by atoms with van der Waals surface area (Å²) in [6.07, 6.45) is 3.42. The molecule has 0 saturated carbocycles. The number of hydrogen-bond donors (Lipinski definition) is 1. The van der Waals surface area contributed by atoms with Crippen molar-refractivity contribution in [3.05, 3.63) is 0 Å². The summed E-state index contributed by atoms with van der Waals surface area (Å²) < 4.78 is 0. The third-order valence-corrected chi connectivity index (χ3v) is 3.43. The third-order valence-electron chi connectivity index (χ3n) is 3.43. The highest BCUT2D eigenvalue weighted by atomic mass is 16.3. The Bertz CT molecular complexity index is 139. The lowest BCUT2D eigenvalue weighted by molar-refractivity contribution is 0.0754. The van der Waals surface area contributed by atoms with Crippen molar-refractivity contribution in [2.75, 3.05) is 20.2 Å². The summed E-state index contributed by atoms with van der Waals surface area (Å²) in [5.74, 6) is 0. The van der Waals surface area contributed by atoms with Gasteiger partial charge in [-0.05, 0) is 26.3 Å². The average Bonchev–Trinajstić information content (AvgIpc) is 2.19. The second kappa shape index (κ2) is 6.41. The van der Waals surface area contributed by atoms with E-state index in [0.29, 0.717) is 6.04 Å². The molecule has 0 saturated heterocycles. The molecule has 1 unspecified atom stereocenters. The lowest BCUT2D eigenvalue weighted by atomic mass is 9.87. The molecule has 0 aliphatic heterocycles. The van der Waals surface area contributed by atoms with Crippen LogP contribution >= 0.6 is 0 Å². The fourth-order valence-electron chi connectivity index (χ4n) is 1.92. The van der Waals surface area contributed by atoms with Crippen LogP contribution in [0.4, 0.5) is 0 Å². The van der Waals surface area contributed by atoms with Crippen molar-refractivity contribution in [3.8, 4) is 0 Å². The van der Waals surface area contributed by atoms with E-state index in [9.17, 15) is 5.11 Å². The van der Waals surface area contributed by atoms with Gasteiger partial charge in [0.1, 0.15) is 0 Å². The Morgan fingerprint density at radius 1 is 1.21 bits per heavy atom. The smallest absolute Gasteiger partial charge is 0.0496 e. The van der Waals surface area contributed by atoms with E-state index in [-0.39, 0.29) is 12.0 Å². The van der Waals surface area contributed by atoms with Gasteiger partial charge in [-0.3, -0.25) is 0 Å². The molecule has 0 bridgehead atoms. The van der Waals surface area contributed by atoms with Gasteiger partial charge in [-0.15, -0.1) is 0 Å². The minimum Gasteiger partial charge on any atom is -0.396 e. The fraction of sp³-hybridized carbons (Fsp3) is 1.00. The Labute approximate surface area is 89.3 Å². The minimum absolute atomic E-state index is 0.0668. The standard InChI is InChI=1S/C12H27NO/c1-6-11(7-2)13(5)9-12(4,8-3)10-14/h11,14H,6-10H2,1-5H3. The normalized spacial score (nSPS) is 16.3. The second-order valence-corrected chi connectivity index (χ2v) is 4.71. The zero-order valence-corrected chi connectivity index (χ0v) is 10.5. The van der Waals surface area contributed by atoms with Gasteiger partial charge in [-0.2, -0.15) is 0 Å². The summed E-state index contributed by atoms with van der Waals surface area (Å²) >= 11 is 0. The number of aliphatic hydroxyl groups excluding tert-OH is 1. The molecule has 14 heavy (non-hydrogen) atoms. The molecule has 2 heteroatoms. The summed E-state index contributed by atoms with van der Waals surface area (Å²) in [5, 5.41) is 9.33. The van der Waals surface area contributed by atoms with Gasteiger partial charge in [-0.25, -0.2) is 0 Å². The molecule has 2 nitrogen and oxygen atoms in total. The average molecular weight is 201 g/mol. The van der Waals surface area contributed by atoms with Gasteiger partial charge in [-0.1, -0.05) is 27.7 Å². The highest BCUT2D eigenvalue weighted by Gasteiger charge is 2.25. The first-order valence-corrected chi connectivity index (χ1v) is 5.84. The van der Waals surface area contributed by atoms with Crippen LogP contribution in [0.5, 0.6) is 0 Å². The van der Waals surface area contributed by atoms with Crippen molar-refractivity contribution in [2.24, 2.45) is 5.41 Å². The van der Waals surface area contributed by atoms with Crippen LogP contribution in [0, 0.1) is 5.41 Å². The Balaban J connectivity index is 4.20. The second-order valence-electron chi connectivity index (χ2n) is 4.71. The van der Waals surface area contributed by atoms with Crippen molar-refractivity contribution in [1.82, 2.24) is 4.90 Å². The summed E-state index contributed by atoms with van der Waals surface area (Å²) in [4.78, 5) is 2.39. The molecule has 1 N–H and O–H groups in total. The van der Waals surface area contributed by atoms with Crippen LogP contribution in [0.1, 0.15) is 47.0 Å². The van der Waals surface area contributed by atoms with Crippen LogP contribution in [0.15, 0.2) is 0 Å². The van der Waals surface area contributed by atoms with E-state index in [4.69, 9.17) is 0 Å². The molecule has 0 fully saturated rings. The molecule has 0 aromatic carbocycles. The van der Waals surface area contributed by atoms with E-state index < -0.39 is 0 Å². The zero-order chi connectivity index (χ0) is 11.2. The monoisotopic (exact) mass is 201 g/mol. The van der Waals surface area contributed by atoms with Gasteiger partial charge < -0.3 is 10.0 Å². The van der Waals surface area contributed by atoms with Crippen molar-refractivity contribution >= 4 is 0 Å².